The number of sulfonamides is 1. The molecule has 0 radical (unpaired) electrons. The molecule has 0 saturated carbocycles. The van der Waals surface area contributed by atoms with Crippen LogP contribution in [-0.2, 0) is 14.8 Å². The fraction of sp³-hybridized carbons (Fsp3) is 0.588. The zero-order valence-electron chi connectivity index (χ0n) is 14.5. The molecule has 1 atom stereocenters. The lowest BCUT2D eigenvalue weighted by Crippen LogP contribution is -2.40. The minimum atomic E-state index is -3.55. The Morgan fingerprint density at radius 1 is 1.20 bits per heavy atom. The summed E-state index contributed by atoms with van der Waals surface area (Å²) in [5.41, 5.74) is 6.09. The number of nitrogens with two attached hydrogens (primary N) is 1. The van der Waals surface area contributed by atoms with Crippen LogP contribution in [0.3, 0.4) is 0 Å². The van der Waals surface area contributed by atoms with Crippen molar-refractivity contribution in [2.45, 2.75) is 18.2 Å². The van der Waals surface area contributed by atoms with Gasteiger partial charge in [0.15, 0.2) is 0 Å². The zero-order valence-corrected chi connectivity index (χ0v) is 15.3. The van der Waals surface area contributed by atoms with Gasteiger partial charge in [0.1, 0.15) is 0 Å². The van der Waals surface area contributed by atoms with Crippen LogP contribution >= 0.6 is 0 Å². The van der Waals surface area contributed by atoms with Crippen molar-refractivity contribution in [2.24, 2.45) is 11.1 Å². The second-order valence-electron chi connectivity index (χ2n) is 7.03. The van der Waals surface area contributed by atoms with Crippen LogP contribution < -0.4 is 5.73 Å². The molecule has 3 rings (SSSR count). The second-order valence-corrected chi connectivity index (χ2v) is 8.97. The summed E-state index contributed by atoms with van der Waals surface area (Å²) in [4.78, 5) is 14.4. The standard InChI is InChI=1S/C17H25N3O4S/c1-17(12-18)6-7-20(13-17)25(22,23)15-4-2-14(3-5-15)16(21)19-8-10-24-11-9-19/h2-5H,6-13,18H2,1H3. The number of hydrogen-bond acceptors (Lipinski definition) is 5. The molecule has 0 spiro atoms. The maximum Gasteiger partial charge on any atom is 0.254 e. The van der Waals surface area contributed by atoms with Gasteiger partial charge in [0.2, 0.25) is 10.0 Å². The van der Waals surface area contributed by atoms with Crippen molar-refractivity contribution in [2.75, 3.05) is 45.9 Å². The average Bonchev–Trinajstić information content (AvgIpc) is 3.06. The van der Waals surface area contributed by atoms with Crippen LogP contribution in [0, 0.1) is 5.41 Å². The van der Waals surface area contributed by atoms with Crippen molar-refractivity contribution in [3.8, 4) is 0 Å². The first kappa shape index (κ1) is 18.3. The Morgan fingerprint density at radius 2 is 1.84 bits per heavy atom. The van der Waals surface area contributed by atoms with E-state index in [1.165, 1.54) is 16.4 Å². The van der Waals surface area contributed by atoms with E-state index in [-0.39, 0.29) is 16.2 Å². The first-order valence-electron chi connectivity index (χ1n) is 8.53. The summed E-state index contributed by atoms with van der Waals surface area (Å²) >= 11 is 0. The van der Waals surface area contributed by atoms with E-state index in [2.05, 4.69) is 0 Å². The molecule has 2 N–H and O–H groups in total. The maximum absolute atomic E-state index is 12.8. The van der Waals surface area contributed by atoms with Gasteiger partial charge in [-0.25, -0.2) is 8.42 Å². The Bertz CT molecular complexity index is 729. The SMILES string of the molecule is CC1(CN)CCN(S(=O)(=O)c2ccc(C(=O)N3CCOCC3)cc2)C1. The molecule has 2 saturated heterocycles. The Hall–Kier alpha value is -1.48. The van der Waals surface area contributed by atoms with E-state index in [0.717, 1.165) is 6.42 Å². The minimum Gasteiger partial charge on any atom is -0.378 e. The van der Waals surface area contributed by atoms with E-state index in [1.54, 1.807) is 17.0 Å². The van der Waals surface area contributed by atoms with Crippen LogP contribution in [0.25, 0.3) is 0 Å². The Kier molecular flexibility index (Phi) is 5.15. The molecule has 1 aromatic rings. The summed E-state index contributed by atoms with van der Waals surface area (Å²) < 4.78 is 32.3. The van der Waals surface area contributed by atoms with E-state index < -0.39 is 10.0 Å². The highest BCUT2D eigenvalue weighted by Gasteiger charge is 2.39. The van der Waals surface area contributed by atoms with Gasteiger partial charge in [-0.2, -0.15) is 4.31 Å². The van der Waals surface area contributed by atoms with Crippen LogP contribution in [0.4, 0.5) is 0 Å². The quantitative estimate of drug-likeness (QED) is 0.837. The number of ether oxygens (including phenoxy) is 1. The third-order valence-electron chi connectivity index (χ3n) is 5.05. The van der Waals surface area contributed by atoms with Gasteiger partial charge < -0.3 is 15.4 Å². The van der Waals surface area contributed by atoms with E-state index in [0.29, 0.717) is 51.5 Å². The molecule has 2 aliphatic rings. The highest BCUT2D eigenvalue weighted by atomic mass is 32.2. The molecule has 0 bridgehead atoms. The van der Waals surface area contributed by atoms with Crippen LogP contribution in [0.1, 0.15) is 23.7 Å². The number of nitrogens with zero attached hydrogens (tertiary/aromatic N) is 2. The first-order valence-corrected chi connectivity index (χ1v) is 9.97. The fourth-order valence-corrected chi connectivity index (χ4v) is 4.81. The van der Waals surface area contributed by atoms with E-state index in [9.17, 15) is 13.2 Å². The summed E-state index contributed by atoms with van der Waals surface area (Å²) in [6.45, 7) is 5.57. The van der Waals surface area contributed by atoms with Crippen molar-refractivity contribution in [1.29, 1.82) is 0 Å². The molecule has 2 aliphatic heterocycles. The van der Waals surface area contributed by atoms with Gasteiger partial charge in [0.05, 0.1) is 18.1 Å². The topological polar surface area (TPSA) is 92.9 Å². The lowest BCUT2D eigenvalue weighted by Gasteiger charge is -2.27. The Labute approximate surface area is 148 Å². The second kappa shape index (κ2) is 7.03. The molecule has 7 nitrogen and oxygen atoms in total. The predicted molar refractivity (Wildman–Crippen MR) is 93.7 cm³/mol. The van der Waals surface area contributed by atoms with Crippen LogP contribution in [0.15, 0.2) is 29.2 Å². The Balaban J connectivity index is 1.74. The number of carbonyl (C=O) groups is 1. The summed E-state index contributed by atoms with van der Waals surface area (Å²) in [5.74, 6) is -0.0934. The molecular weight excluding hydrogens is 342 g/mol. The van der Waals surface area contributed by atoms with Gasteiger partial charge in [-0.15, -0.1) is 0 Å². The molecule has 138 valence electrons. The lowest BCUT2D eigenvalue weighted by molar-refractivity contribution is 0.0303. The monoisotopic (exact) mass is 367 g/mol. The predicted octanol–water partition coefficient (Wildman–Crippen LogP) is 0.518. The van der Waals surface area contributed by atoms with Crippen molar-refractivity contribution in [1.82, 2.24) is 9.21 Å². The molecule has 1 amide bonds. The van der Waals surface area contributed by atoms with Gasteiger partial charge in [-0.3, -0.25) is 4.79 Å². The number of rotatable bonds is 4. The van der Waals surface area contributed by atoms with Crippen LogP contribution in [0.2, 0.25) is 0 Å². The van der Waals surface area contributed by atoms with Gasteiger partial charge in [0, 0.05) is 31.7 Å². The summed E-state index contributed by atoms with van der Waals surface area (Å²) in [6, 6.07) is 6.20. The lowest BCUT2D eigenvalue weighted by atomic mass is 9.90. The fourth-order valence-electron chi connectivity index (χ4n) is 3.22. The van der Waals surface area contributed by atoms with Crippen molar-refractivity contribution in [3.05, 3.63) is 29.8 Å². The van der Waals surface area contributed by atoms with E-state index in [4.69, 9.17) is 10.5 Å². The number of hydrogen-bond donors (Lipinski definition) is 1. The molecule has 2 fully saturated rings. The van der Waals surface area contributed by atoms with Crippen LogP contribution in [0.5, 0.6) is 0 Å². The van der Waals surface area contributed by atoms with E-state index >= 15 is 0 Å². The van der Waals surface area contributed by atoms with Crippen molar-refractivity contribution < 1.29 is 17.9 Å². The largest absolute Gasteiger partial charge is 0.378 e. The normalized spacial score (nSPS) is 25.3. The zero-order chi connectivity index (χ0) is 18.1. The highest BCUT2D eigenvalue weighted by Crippen LogP contribution is 2.32. The molecule has 1 unspecified atom stereocenters. The molecule has 1 aromatic carbocycles. The van der Waals surface area contributed by atoms with E-state index in [1.807, 2.05) is 6.92 Å². The number of amides is 1. The first-order chi connectivity index (χ1) is 11.9. The van der Waals surface area contributed by atoms with Gasteiger partial charge in [-0.1, -0.05) is 6.92 Å². The van der Waals surface area contributed by atoms with Gasteiger partial charge in [-0.05, 0) is 42.6 Å². The summed E-state index contributed by atoms with van der Waals surface area (Å²) in [5, 5.41) is 0. The van der Waals surface area contributed by atoms with Gasteiger partial charge in [0.25, 0.3) is 5.91 Å². The minimum absolute atomic E-state index is 0.0934. The third kappa shape index (κ3) is 3.72. The highest BCUT2D eigenvalue weighted by molar-refractivity contribution is 7.89. The molecule has 25 heavy (non-hydrogen) atoms. The molecule has 0 aromatic heterocycles. The molecular formula is C17H25N3O4S. The average molecular weight is 367 g/mol. The molecule has 0 aliphatic carbocycles. The van der Waals surface area contributed by atoms with Gasteiger partial charge >= 0.3 is 0 Å². The number of benzene rings is 1. The maximum atomic E-state index is 12.8. The van der Waals surface area contributed by atoms with Crippen LogP contribution in [-0.4, -0.2) is 69.5 Å². The molecule has 2 heterocycles. The van der Waals surface area contributed by atoms with Crippen molar-refractivity contribution >= 4 is 15.9 Å². The molecule has 8 heteroatoms. The number of morpholine rings is 1. The third-order valence-corrected chi connectivity index (χ3v) is 6.91. The Morgan fingerprint density at radius 3 is 2.40 bits per heavy atom. The number of carbonyl (C=O) groups excluding carboxylic acids is 1. The summed E-state index contributed by atoms with van der Waals surface area (Å²) in [7, 11) is -3.55. The summed E-state index contributed by atoms with van der Waals surface area (Å²) in [6.07, 6.45) is 0.760. The van der Waals surface area contributed by atoms with Crippen molar-refractivity contribution in [3.63, 3.8) is 0 Å². The smallest absolute Gasteiger partial charge is 0.254 e.